The van der Waals surface area contributed by atoms with Crippen molar-refractivity contribution in [3.63, 3.8) is 0 Å². The van der Waals surface area contributed by atoms with Crippen LogP contribution in [-0.2, 0) is 0 Å². The smallest absolute Gasteiger partial charge is 0.276 e. The molecule has 1 N–H and O–H groups in total. The van der Waals surface area contributed by atoms with Gasteiger partial charge in [-0.2, -0.15) is 5.10 Å². The van der Waals surface area contributed by atoms with Crippen molar-refractivity contribution >= 4 is 11.6 Å². The number of para-hydroxylation sites is 1. The zero-order valence-electron chi connectivity index (χ0n) is 14.6. The second kappa shape index (κ2) is 7.26. The molecule has 3 aromatic rings. The van der Waals surface area contributed by atoms with Crippen molar-refractivity contribution in [1.29, 1.82) is 0 Å². The van der Waals surface area contributed by atoms with Crippen LogP contribution in [0.5, 0.6) is 11.5 Å². The third-order valence-electron chi connectivity index (χ3n) is 3.84. The fourth-order valence-corrected chi connectivity index (χ4v) is 2.55. The highest BCUT2D eigenvalue weighted by molar-refractivity contribution is 6.03. The molecule has 2 aromatic carbocycles. The SMILES string of the molecule is COc1cc(F)c(NC(=O)c2cc(C)n(-c3ccccc3)n2)cc1OC. The van der Waals surface area contributed by atoms with Crippen LogP contribution in [-0.4, -0.2) is 29.9 Å². The van der Waals surface area contributed by atoms with Crippen molar-refractivity contribution in [2.45, 2.75) is 6.92 Å². The first-order valence-electron chi connectivity index (χ1n) is 7.88. The summed E-state index contributed by atoms with van der Waals surface area (Å²) in [6.45, 7) is 1.84. The number of halogens is 1. The molecule has 26 heavy (non-hydrogen) atoms. The summed E-state index contributed by atoms with van der Waals surface area (Å²) in [5, 5.41) is 6.83. The number of rotatable bonds is 5. The average Bonchev–Trinajstić information content (AvgIpc) is 3.05. The second-order valence-corrected chi connectivity index (χ2v) is 5.56. The van der Waals surface area contributed by atoms with E-state index in [2.05, 4.69) is 10.4 Å². The number of anilines is 1. The number of amides is 1. The first kappa shape index (κ1) is 17.5. The minimum absolute atomic E-state index is 0.0143. The lowest BCUT2D eigenvalue weighted by atomic mass is 10.2. The van der Waals surface area contributed by atoms with Crippen molar-refractivity contribution in [1.82, 2.24) is 9.78 Å². The van der Waals surface area contributed by atoms with Crippen LogP contribution < -0.4 is 14.8 Å². The molecule has 0 radical (unpaired) electrons. The van der Waals surface area contributed by atoms with Gasteiger partial charge in [0.05, 0.1) is 25.6 Å². The predicted molar refractivity (Wildman–Crippen MR) is 95.8 cm³/mol. The van der Waals surface area contributed by atoms with E-state index in [1.165, 1.54) is 20.3 Å². The number of hydrogen-bond acceptors (Lipinski definition) is 4. The lowest BCUT2D eigenvalue weighted by molar-refractivity contribution is 0.102. The fourth-order valence-electron chi connectivity index (χ4n) is 2.55. The monoisotopic (exact) mass is 355 g/mol. The van der Waals surface area contributed by atoms with Gasteiger partial charge in [0.1, 0.15) is 0 Å². The van der Waals surface area contributed by atoms with E-state index >= 15 is 0 Å². The zero-order chi connectivity index (χ0) is 18.7. The largest absolute Gasteiger partial charge is 0.493 e. The minimum Gasteiger partial charge on any atom is -0.493 e. The number of carbonyl (C=O) groups excluding carboxylic acids is 1. The summed E-state index contributed by atoms with van der Waals surface area (Å²) in [5.74, 6) is -0.591. The van der Waals surface area contributed by atoms with Crippen LogP contribution in [0.2, 0.25) is 0 Å². The van der Waals surface area contributed by atoms with Crippen LogP contribution >= 0.6 is 0 Å². The molecule has 1 aromatic heterocycles. The van der Waals surface area contributed by atoms with Gasteiger partial charge in [-0.05, 0) is 25.1 Å². The number of hydrogen-bond donors (Lipinski definition) is 1. The molecule has 0 bridgehead atoms. The Kier molecular flexibility index (Phi) is 4.88. The molecule has 0 spiro atoms. The number of ether oxygens (including phenoxy) is 2. The maximum Gasteiger partial charge on any atom is 0.276 e. The van der Waals surface area contributed by atoms with Crippen molar-refractivity contribution in [3.05, 3.63) is 65.7 Å². The van der Waals surface area contributed by atoms with E-state index in [1.54, 1.807) is 10.7 Å². The topological polar surface area (TPSA) is 65.4 Å². The highest BCUT2D eigenvalue weighted by Crippen LogP contribution is 2.32. The van der Waals surface area contributed by atoms with Crippen LogP contribution in [0.4, 0.5) is 10.1 Å². The average molecular weight is 355 g/mol. The molecule has 1 amide bonds. The second-order valence-electron chi connectivity index (χ2n) is 5.56. The molecule has 1 heterocycles. The molecule has 0 atom stereocenters. The maximum atomic E-state index is 14.2. The number of carbonyl (C=O) groups is 1. The summed E-state index contributed by atoms with van der Waals surface area (Å²) in [4.78, 5) is 12.5. The highest BCUT2D eigenvalue weighted by Gasteiger charge is 2.17. The van der Waals surface area contributed by atoms with Gasteiger partial charge in [-0.15, -0.1) is 0 Å². The molecule has 7 heteroatoms. The van der Waals surface area contributed by atoms with Gasteiger partial charge in [-0.3, -0.25) is 4.79 Å². The van der Waals surface area contributed by atoms with Gasteiger partial charge in [0.25, 0.3) is 5.91 Å². The summed E-state index contributed by atoms with van der Waals surface area (Å²) >= 11 is 0. The van der Waals surface area contributed by atoms with Crippen LogP contribution in [0.3, 0.4) is 0 Å². The Balaban J connectivity index is 1.88. The van der Waals surface area contributed by atoms with Gasteiger partial charge < -0.3 is 14.8 Å². The molecule has 0 aliphatic carbocycles. The van der Waals surface area contributed by atoms with Crippen molar-refractivity contribution < 1.29 is 18.7 Å². The Morgan fingerprint density at radius 3 is 2.38 bits per heavy atom. The molecule has 6 nitrogen and oxygen atoms in total. The van der Waals surface area contributed by atoms with E-state index in [1.807, 2.05) is 37.3 Å². The van der Waals surface area contributed by atoms with E-state index < -0.39 is 11.7 Å². The Bertz CT molecular complexity index is 939. The summed E-state index contributed by atoms with van der Waals surface area (Å²) in [7, 11) is 2.85. The van der Waals surface area contributed by atoms with E-state index in [-0.39, 0.29) is 17.1 Å². The predicted octanol–water partition coefficient (Wildman–Crippen LogP) is 3.59. The number of aromatic nitrogens is 2. The lowest BCUT2D eigenvalue weighted by Gasteiger charge is -2.11. The summed E-state index contributed by atoms with van der Waals surface area (Å²) in [5.41, 5.74) is 1.79. The van der Waals surface area contributed by atoms with Gasteiger partial charge in [-0.25, -0.2) is 9.07 Å². The van der Waals surface area contributed by atoms with Crippen molar-refractivity contribution in [2.24, 2.45) is 0 Å². The van der Waals surface area contributed by atoms with Gasteiger partial charge in [0, 0.05) is 17.8 Å². The number of nitrogens with zero attached hydrogens (tertiary/aromatic N) is 2. The number of benzene rings is 2. The minimum atomic E-state index is -0.629. The molecule has 0 unspecified atom stereocenters. The molecular weight excluding hydrogens is 337 g/mol. The normalized spacial score (nSPS) is 10.5. The third-order valence-corrected chi connectivity index (χ3v) is 3.84. The van der Waals surface area contributed by atoms with E-state index in [0.29, 0.717) is 5.75 Å². The highest BCUT2D eigenvalue weighted by atomic mass is 19.1. The first-order chi connectivity index (χ1) is 12.5. The Morgan fingerprint density at radius 1 is 1.08 bits per heavy atom. The fraction of sp³-hybridized carbons (Fsp3) is 0.158. The third kappa shape index (κ3) is 3.37. The number of methoxy groups -OCH3 is 2. The lowest BCUT2D eigenvalue weighted by Crippen LogP contribution is -2.14. The van der Waals surface area contributed by atoms with Crippen molar-refractivity contribution in [3.8, 4) is 17.2 Å². The van der Waals surface area contributed by atoms with Crippen LogP contribution in [0.15, 0.2) is 48.5 Å². The van der Waals surface area contributed by atoms with Crippen LogP contribution in [0, 0.1) is 12.7 Å². The van der Waals surface area contributed by atoms with Gasteiger partial charge in [-0.1, -0.05) is 18.2 Å². The Morgan fingerprint density at radius 2 is 1.73 bits per heavy atom. The quantitative estimate of drug-likeness (QED) is 0.760. The Labute approximate surface area is 150 Å². The molecule has 0 saturated carbocycles. The van der Waals surface area contributed by atoms with E-state index in [4.69, 9.17) is 9.47 Å². The number of aryl methyl sites for hydroxylation is 1. The summed E-state index contributed by atoms with van der Waals surface area (Å²) in [6, 6.07) is 13.6. The van der Waals surface area contributed by atoms with Crippen LogP contribution in [0.25, 0.3) is 5.69 Å². The van der Waals surface area contributed by atoms with Gasteiger partial charge in [0.15, 0.2) is 23.0 Å². The zero-order valence-corrected chi connectivity index (χ0v) is 14.6. The molecular formula is C19H18FN3O3. The van der Waals surface area contributed by atoms with Gasteiger partial charge >= 0.3 is 0 Å². The van der Waals surface area contributed by atoms with E-state index in [0.717, 1.165) is 17.4 Å². The Hall–Kier alpha value is -3.35. The molecule has 134 valence electrons. The van der Waals surface area contributed by atoms with Gasteiger partial charge in [0.2, 0.25) is 0 Å². The first-order valence-corrected chi connectivity index (χ1v) is 7.88. The standard InChI is InChI=1S/C19H18FN3O3/c1-12-9-16(22-23(12)13-7-5-4-6-8-13)19(24)21-15-11-18(26-3)17(25-2)10-14(15)20/h4-11H,1-3H3,(H,21,24). The molecule has 0 aliphatic heterocycles. The summed E-state index contributed by atoms with van der Waals surface area (Å²) < 4.78 is 26.0. The number of nitrogens with one attached hydrogen (secondary N) is 1. The van der Waals surface area contributed by atoms with E-state index in [9.17, 15) is 9.18 Å². The summed E-state index contributed by atoms with van der Waals surface area (Å²) in [6.07, 6.45) is 0. The molecule has 0 fully saturated rings. The molecule has 0 saturated heterocycles. The van der Waals surface area contributed by atoms with Crippen LogP contribution in [0.1, 0.15) is 16.2 Å². The maximum absolute atomic E-state index is 14.2. The van der Waals surface area contributed by atoms with Crippen molar-refractivity contribution in [2.75, 3.05) is 19.5 Å². The molecule has 0 aliphatic rings. The molecule has 3 rings (SSSR count).